The average molecular weight is 351 g/mol. The Bertz CT molecular complexity index is 676. The van der Waals surface area contributed by atoms with E-state index in [0.717, 1.165) is 39.1 Å². The van der Waals surface area contributed by atoms with Gasteiger partial charge in [0, 0.05) is 39.3 Å². The van der Waals surface area contributed by atoms with Crippen molar-refractivity contribution < 1.29 is 4.79 Å². The Balaban J connectivity index is 1.33. The SMILES string of the molecule is Cc1ccc(CN2CCN(CC(=O)NCCc3ccccc3)CC2)cc1. The quantitative estimate of drug-likeness (QED) is 0.832. The maximum Gasteiger partial charge on any atom is 0.234 e. The number of hydrogen-bond donors (Lipinski definition) is 1. The molecule has 2 aromatic rings. The number of nitrogens with one attached hydrogen (secondary N) is 1. The lowest BCUT2D eigenvalue weighted by atomic mass is 10.1. The molecule has 0 bridgehead atoms. The number of carbonyl (C=O) groups is 1. The minimum absolute atomic E-state index is 0.132. The fraction of sp³-hybridized carbons (Fsp3) is 0.409. The lowest BCUT2D eigenvalue weighted by Crippen LogP contribution is -2.49. The summed E-state index contributed by atoms with van der Waals surface area (Å²) in [4.78, 5) is 16.9. The molecule has 0 aliphatic carbocycles. The lowest BCUT2D eigenvalue weighted by molar-refractivity contribution is -0.122. The van der Waals surface area contributed by atoms with Gasteiger partial charge < -0.3 is 5.32 Å². The van der Waals surface area contributed by atoms with Gasteiger partial charge in [-0.3, -0.25) is 14.6 Å². The number of carbonyl (C=O) groups excluding carboxylic acids is 1. The van der Waals surface area contributed by atoms with Crippen LogP contribution in [-0.2, 0) is 17.8 Å². The standard InChI is InChI=1S/C22H29N3O/c1-19-7-9-21(10-8-19)17-24-13-15-25(16-14-24)18-22(26)23-12-11-20-5-3-2-4-6-20/h2-10H,11-18H2,1H3,(H,23,26). The van der Waals surface area contributed by atoms with Crippen molar-refractivity contribution in [2.45, 2.75) is 19.9 Å². The van der Waals surface area contributed by atoms with Crippen LogP contribution in [0.4, 0.5) is 0 Å². The van der Waals surface area contributed by atoms with Crippen molar-refractivity contribution in [2.75, 3.05) is 39.3 Å². The van der Waals surface area contributed by atoms with E-state index in [1.165, 1.54) is 16.7 Å². The van der Waals surface area contributed by atoms with Crippen LogP contribution in [0.2, 0.25) is 0 Å². The molecular formula is C22H29N3O. The fourth-order valence-electron chi connectivity index (χ4n) is 3.31. The molecule has 0 unspecified atom stereocenters. The predicted octanol–water partition coefficient (Wildman–Crippen LogP) is 2.47. The van der Waals surface area contributed by atoms with Gasteiger partial charge in [-0.15, -0.1) is 0 Å². The second kappa shape index (κ2) is 9.51. The Morgan fingerprint density at radius 1 is 0.885 bits per heavy atom. The first-order valence-electron chi connectivity index (χ1n) is 9.50. The zero-order valence-electron chi connectivity index (χ0n) is 15.7. The smallest absolute Gasteiger partial charge is 0.234 e. The number of hydrogen-bond acceptors (Lipinski definition) is 3. The Hall–Kier alpha value is -2.17. The van der Waals surface area contributed by atoms with Crippen LogP contribution in [0.3, 0.4) is 0 Å². The molecule has 1 saturated heterocycles. The Morgan fingerprint density at radius 2 is 1.54 bits per heavy atom. The van der Waals surface area contributed by atoms with Crippen LogP contribution in [0.1, 0.15) is 16.7 Å². The normalized spacial score (nSPS) is 15.7. The molecule has 0 atom stereocenters. The molecule has 4 nitrogen and oxygen atoms in total. The minimum atomic E-state index is 0.132. The Morgan fingerprint density at radius 3 is 2.23 bits per heavy atom. The van der Waals surface area contributed by atoms with E-state index < -0.39 is 0 Å². The molecule has 1 amide bonds. The molecule has 26 heavy (non-hydrogen) atoms. The zero-order chi connectivity index (χ0) is 18.2. The number of aryl methyl sites for hydroxylation is 1. The summed E-state index contributed by atoms with van der Waals surface area (Å²) in [5, 5.41) is 3.04. The largest absolute Gasteiger partial charge is 0.355 e. The van der Waals surface area contributed by atoms with E-state index in [9.17, 15) is 4.79 Å². The van der Waals surface area contributed by atoms with Crippen molar-refractivity contribution in [3.8, 4) is 0 Å². The monoisotopic (exact) mass is 351 g/mol. The lowest BCUT2D eigenvalue weighted by Gasteiger charge is -2.34. The van der Waals surface area contributed by atoms with Crippen molar-refractivity contribution >= 4 is 5.91 Å². The summed E-state index contributed by atoms with van der Waals surface area (Å²) < 4.78 is 0. The molecule has 2 aromatic carbocycles. The van der Waals surface area contributed by atoms with Gasteiger partial charge in [0.1, 0.15) is 0 Å². The molecule has 0 aromatic heterocycles. The van der Waals surface area contributed by atoms with Gasteiger partial charge in [0.05, 0.1) is 6.54 Å². The van der Waals surface area contributed by atoms with Gasteiger partial charge >= 0.3 is 0 Å². The predicted molar refractivity (Wildman–Crippen MR) is 106 cm³/mol. The number of rotatable bonds is 7. The van der Waals surface area contributed by atoms with Crippen LogP contribution >= 0.6 is 0 Å². The van der Waals surface area contributed by atoms with Crippen molar-refractivity contribution in [3.63, 3.8) is 0 Å². The summed E-state index contributed by atoms with van der Waals surface area (Å²) in [6.45, 7) is 8.28. The van der Waals surface area contributed by atoms with Gasteiger partial charge in [-0.1, -0.05) is 60.2 Å². The minimum Gasteiger partial charge on any atom is -0.355 e. The summed E-state index contributed by atoms with van der Waals surface area (Å²) in [6.07, 6.45) is 0.886. The molecule has 1 fully saturated rings. The van der Waals surface area contributed by atoms with Gasteiger partial charge in [0.2, 0.25) is 5.91 Å². The van der Waals surface area contributed by atoms with E-state index in [1.807, 2.05) is 18.2 Å². The molecule has 0 spiro atoms. The fourth-order valence-corrected chi connectivity index (χ4v) is 3.31. The number of amides is 1. The van der Waals surface area contributed by atoms with Crippen molar-refractivity contribution in [3.05, 3.63) is 71.3 Å². The van der Waals surface area contributed by atoms with E-state index in [0.29, 0.717) is 13.1 Å². The van der Waals surface area contributed by atoms with Gasteiger partial charge in [-0.25, -0.2) is 0 Å². The summed E-state index contributed by atoms with van der Waals surface area (Å²) in [6, 6.07) is 19.0. The number of nitrogens with zero attached hydrogens (tertiary/aromatic N) is 2. The first-order chi connectivity index (χ1) is 12.7. The summed E-state index contributed by atoms with van der Waals surface area (Å²) in [5.74, 6) is 0.132. The third-order valence-electron chi connectivity index (χ3n) is 4.94. The van der Waals surface area contributed by atoms with E-state index in [1.54, 1.807) is 0 Å². The van der Waals surface area contributed by atoms with Crippen LogP contribution in [0.25, 0.3) is 0 Å². The first-order valence-corrected chi connectivity index (χ1v) is 9.50. The van der Waals surface area contributed by atoms with Crippen molar-refractivity contribution in [1.29, 1.82) is 0 Å². The first kappa shape index (κ1) is 18.6. The molecule has 3 rings (SSSR count). The molecule has 0 saturated carbocycles. The Labute approximate surface area is 156 Å². The molecule has 1 aliphatic rings. The average Bonchev–Trinajstić information content (AvgIpc) is 2.66. The molecule has 0 radical (unpaired) electrons. The molecule has 4 heteroatoms. The van der Waals surface area contributed by atoms with E-state index in [-0.39, 0.29) is 5.91 Å². The van der Waals surface area contributed by atoms with Crippen LogP contribution in [-0.4, -0.2) is 55.0 Å². The van der Waals surface area contributed by atoms with E-state index in [4.69, 9.17) is 0 Å². The maximum absolute atomic E-state index is 12.1. The highest BCUT2D eigenvalue weighted by atomic mass is 16.2. The summed E-state index contributed by atoms with van der Waals surface area (Å²) in [7, 11) is 0. The summed E-state index contributed by atoms with van der Waals surface area (Å²) in [5.41, 5.74) is 3.93. The second-order valence-corrected chi connectivity index (χ2v) is 7.12. The van der Waals surface area contributed by atoms with Gasteiger partial charge in [-0.2, -0.15) is 0 Å². The maximum atomic E-state index is 12.1. The molecule has 1 heterocycles. The highest BCUT2D eigenvalue weighted by Gasteiger charge is 2.18. The number of benzene rings is 2. The van der Waals surface area contributed by atoms with E-state index in [2.05, 4.69) is 58.4 Å². The summed E-state index contributed by atoms with van der Waals surface area (Å²) >= 11 is 0. The van der Waals surface area contributed by atoms with Crippen molar-refractivity contribution in [2.24, 2.45) is 0 Å². The van der Waals surface area contributed by atoms with Gasteiger partial charge in [-0.05, 0) is 24.5 Å². The van der Waals surface area contributed by atoms with Crippen LogP contribution in [0.15, 0.2) is 54.6 Å². The Kier molecular flexibility index (Phi) is 6.81. The van der Waals surface area contributed by atoms with Gasteiger partial charge in [0.15, 0.2) is 0 Å². The van der Waals surface area contributed by atoms with Crippen LogP contribution in [0.5, 0.6) is 0 Å². The molecule has 138 valence electrons. The molecule has 1 aliphatic heterocycles. The van der Waals surface area contributed by atoms with Crippen LogP contribution in [0, 0.1) is 6.92 Å². The highest BCUT2D eigenvalue weighted by Crippen LogP contribution is 2.09. The highest BCUT2D eigenvalue weighted by molar-refractivity contribution is 5.78. The zero-order valence-corrected chi connectivity index (χ0v) is 15.7. The number of piperazine rings is 1. The van der Waals surface area contributed by atoms with Crippen LogP contribution < -0.4 is 5.32 Å². The topological polar surface area (TPSA) is 35.6 Å². The van der Waals surface area contributed by atoms with Crippen molar-refractivity contribution in [1.82, 2.24) is 15.1 Å². The molecule has 1 N–H and O–H groups in total. The third-order valence-corrected chi connectivity index (χ3v) is 4.94. The second-order valence-electron chi connectivity index (χ2n) is 7.12. The third kappa shape index (κ3) is 5.97. The molecular weight excluding hydrogens is 322 g/mol. The van der Waals surface area contributed by atoms with E-state index >= 15 is 0 Å². The van der Waals surface area contributed by atoms with Gasteiger partial charge in [0.25, 0.3) is 0 Å².